The van der Waals surface area contributed by atoms with E-state index in [0.29, 0.717) is 5.92 Å². The van der Waals surface area contributed by atoms with Crippen LogP contribution in [0.4, 0.5) is 0 Å². The number of nitrogens with two attached hydrogens (primary N) is 1. The topological polar surface area (TPSA) is 56.7 Å². The van der Waals surface area contributed by atoms with Gasteiger partial charge in [0.05, 0.1) is 5.69 Å². The van der Waals surface area contributed by atoms with Crippen LogP contribution in [0.2, 0.25) is 0 Å². The Hall–Kier alpha value is -0.900. The molecule has 0 amide bonds. The highest BCUT2D eigenvalue weighted by atomic mass is 15.4. The minimum absolute atomic E-state index is 0.254. The Balaban J connectivity index is 1.82. The van der Waals surface area contributed by atoms with Gasteiger partial charge in [-0.2, -0.15) is 0 Å². The zero-order valence-corrected chi connectivity index (χ0v) is 11.0. The fourth-order valence-electron chi connectivity index (χ4n) is 2.92. The lowest BCUT2D eigenvalue weighted by Gasteiger charge is -2.31. The maximum absolute atomic E-state index is 6.30. The van der Waals surface area contributed by atoms with Crippen LogP contribution in [0.15, 0.2) is 6.20 Å². The first kappa shape index (κ1) is 12.6. The second kappa shape index (κ2) is 5.63. The van der Waals surface area contributed by atoms with Crippen LogP contribution in [0.3, 0.4) is 0 Å². The molecule has 1 heterocycles. The Kier molecular flexibility index (Phi) is 4.15. The molecule has 4 heteroatoms. The molecule has 1 aliphatic rings. The van der Waals surface area contributed by atoms with E-state index < -0.39 is 0 Å². The summed E-state index contributed by atoms with van der Waals surface area (Å²) in [5.74, 6) is 1.62. The monoisotopic (exact) mass is 236 g/mol. The highest BCUT2D eigenvalue weighted by Gasteiger charge is 2.25. The molecule has 2 N–H and O–H groups in total. The molecule has 2 rings (SSSR count). The van der Waals surface area contributed by atoms with Crippen LogP contribution < -0.4 is 5.73 Å². The van der Waals surface area contributed by atoms with Crippen LogP contribution in [0.5, 0.6) is 0 Å². The van der Waals surface area contributed by atoms with Crippen molar-refractivity contribution in [2.24, 2.45) is 24.6 Å². The molecule has 1 fully saturated rings. The second-order valence-electron chi connectivity index (χ2n) is 5.44. The fraction of sp³-hybridized carbons (Fsp3) is 0.846. The normalized spacial score (nSPS) is 27.0. The Labute approximate surface area is 104 Å². The summed E-state index contributed by atoms with van der Waals surface area (Å²) in [7, 11) is 1.90. The zero-order valence-electron chi connectivity index (χ0n) is 11.0. The van der Waals surface area contributed by atoms with Crippen molar-refractivity contribution < 1.29 is 0 Å². The zero-order chi connectivity index (χ0) is 12.3. The molecule has 1 unspecified atom stereocenters. The van der Waals surface area contributed by atoms with Gasteiger partial charge in [0.15, 0.2) is 0 Å². The first-order valence-electron chi connectivity index (χ1n) is 6.79. The fourth-order valence-corrected chi connectivity index (χ4v) is 2.92. The molecule has 1 aliphatic carbocycles. The van der Waals surface area contributed by atoms with Crippen LogP contribution in [0, 0.1) is 11.8 Å². The third-order valence-corrected chi connectivity index (χ3v) is 4.17. The predicted molar refractivity (Wildman–Crippen MR) is 68.4 cm³/mol. The van der Waals surface area contributed by atoms with Crippen LogP contribution in [0.1, 0.15) is 44.7 Å². The lowest BCUT2D eigenvalue weighted by Crippen LogP contribution is -2.35. The van der Waals surface area contributed by atoms with Gasteiger partial charge in [0, 0.05) is 25.7 Å². The molecule has 0 spiro atoms. The molecule has 0 radical (unpaired) electrons. The number of aryl methyl sites for hydroxylation is 1. The number of hydrogen-bond donors (Lipinski definition) is 1. The van der Waals surface area contributed by atoms with Gasteiger partial charge in [-0.05, 0) is 24.7 Å². The standard InChI is InChI=1S/C13H24N4/c1-3-10-4-6-11(7-5-10)13(14)8-12-9-17(2)16-15-12/h9-11,13H,3-8,14H2,1-2H3. The summed E-state index contributed by atoms with van der Waals surface area (Å²) in [4.78, 5) is 0. The van der Waals surface area contributed by atoms with Gasteiger partial charge in [-0.25, -0.2) is 0 Å². The average Bonchev–Trinajstić information content (AvgIpc) is 2.75. The van der Waals surface area contributed by atoms with Gasteiger partial charge < -0.3 is 5.73 Å². The Morgan fingerprint density at radius 3 is 2.65 bits per heavy atom. The van der Waals surface area contributed by atoms with Gasteiger partial charge in [0.1, 0.15) is 0 Å². The van der Waals surface area contributed by atoms with E-state index in [1.165, 1.54) is 32.1 Å². The van der Waals surface area contributed by atoms with Crippen molar-refractivity contribution >= 4 is 0 Å². The van der Waals surface area contributed by atoms with E-state index in [1.54, 1.807) is 4.68 Å². The van der Waals surface area contributed by atoms with E-state index in [1.807, 2.05) is 13.2 Å². The third-order valence-electron chi connectivity index (χ3n) is 4.17. The van der Waals surface area contributed by atoms with E-state index in [9.17, 15) is 0 Å². The van der Waals surface area contributed by atoms with Gasteiger partial charge >= 0.3 is 0 Å². The highest BCUT2D eigenvalue weighted by molar-refractivity contribution is 4.97. The molecule has 96 valence electrons. The first-order chi connectivity index (χ1) is 8.19. The van der Waals surface area contributed by atoms with Crippen molar-refractivity contribution in [1.82, 2.24) is 15.0 Å². The number of nitrogens with zero attached hydrogens (tertiary/aromatic N) is 3. The molecule has 0 aliphatic heterocycles. The van der Waals surface area contributed by atoms with Gasteiger partial charge in [-0.3, -0.25) is 4.68 Å². The number of rotatable bonds is 4. The number of aromatic nitrogens is 3. The molecule has 1 atom stereocenters. The summed E-state index contributed by atoms with van der Waals surface area (Å²) in [5, 5.41) is 8.07. The Morgan fingerprint density at radius 2 is 2.12 bits per heavy atom. The Morgan fingerprint density at radius 1 is 1.41 bits per heavy atom. The van der Waals surface area contributed by atoms with Crippen LogP contribution >= 0.6 is 0 Å². The first-order valence-corrected chi connectivity index (χ1v) is 6.79. The third kappa shape index (κ3) is 3.28. The van der Waals surface area contributed by atoms with E-state index >= 15 is 0 Å². The van der Waals surface area contributed by atoms with Crippen molar-refractivity contribution in [3.8, 4) is 0 Å². The van der Waals surface area contributed by atoms with Crippen molar-refractivity contribution in [3.05, 3.63) is 11.9 Å². The minimum Gasteiger partial charge on any atom is -0.327 e. The Bertz CT molecular complexity index is 339. The molecule has 1 saturated carbocycles. The summed E-state index contributed by atoms with van der Waals surface area (Å²) in [5.41, 5.74) is 7.33. The molecular formula is C13H24N4. The lowest BCUT2D eigenvalue weighted by molar-refractivity contribution is 0.237. The van der Waals surface area contributed by atoms with Crippen LogP contribution in [-0.4, -0.2) is 21.0 Å². The summed E-state index contributed by atoms with van der Waals surface area (Å²) < 4.78 is 1.75. The summed E-state index contributed by atoms with van der Waals surface area (Å²) >= 11 is 0. The van der Waals surface area contributed by atoms with Crippen LogP contribution in [-0.2, 0) is 13.5 Å². The molecule has 17 heavy (non-hydrogen) atoms. The van der Waals surface area contributed by atoms with Crippen molar-refractivity contribution in [2.45, 2.75) is 51.5 Å². The molecule has 0 saturated heterocycles. The molecule has 4 nitrogen and oxygen atoms in total. The maximum atomic E-state index is 6.30. The second-order valence-corrected chi connectivity index (χ2v) is 5.44. The average molecular weight is 236 g/mol. The van der Waals surface area contributed by atoms with Crippen LogP contribution in [0.25, 0.3) is 0 Å². The number of hydrogen-bond acceptors (Lipinski definition) is 3. The molecule has 0 bridgehead atoms. The summed E-state index contributed by atoms with van der Waals surface area (Å²) in [6.07, 6.45) is 9.46. The van der Waals surface area contributed by atoms with E-state index in [0.717, 1.165) is 18.0 Å². The van der Waals surface area contributed by atoms with Gasteiger partial charge in [-0.1, -0.05) is 31.4 Å². The van der Waals surface area contributed by atoms with Gasteiger partial charge in [-0.15, -0.1) is 5.10 Å². The van der Waals surface area contributed by atoms with Gasteiger partial charge in [0.2, 0.25) is 0 Å². The van der Waals surface area contributed by atoms with Crippen molar-refractivity contribution in [1.29, 1.82) is 0 Å². The SMILES string of the molecule is CCC1CCC(C(N)Cc2cn(C)nn2)CC1. The highest BCUT2D eigenvalue weighted by Crippen LogP contribution is 2.32. The molecule has 1 aromatic rings. The van der Waals surface area contributed by atoms with Crippen molar-refractivity contribution in [3.63, 3.8) is 0 Å². The quantitative estimate of drug-likeness (QED) is 0.868. The van der Waals surface area contributed by atoms with Crippen molar-refractivity contribution in [2.75, 3.05) is 0 Å². The molecule has 1 aromatic heterocycles. The smallest absolute Gasteiger partial charge is 0.0842 e. The molecule has 0 aromatic carbocycles. The van der Waals surface area contributed by atoms with Gasteiger partial charge in [0.25, 0.3) is 0 Å². The summed E-state index contributed by atoms with van der Waals surface area (Å²) in [6.45, 7) is 2.30. The maximum Gasteiger partial charge on any atom is 0.0842 e. The van der Waals surface area contributed by atoms with E-state index in [2.05, 4.69) is 17.2 Å². The van der Waals surface area contributed by atoms with E-state index in [4.69, 9.17) is 5.73 Å². The molecular weight excluding hydrogens is 212 g/mol. The summed E-state index contributed by atoms with van der Waals surface area (Å²) in [6, 6.07) is 0.254. The van der Waals surface area contributed by atoms with E-state index in [-0.39, 0.29) is 6.04 Å². The predicted octanol–water partition coefficient (Wildman–Crippen LogP) is 1.90. The lowest BCUT2D eigenvalue weighted by atomic mass is 9.77. The minimum atomic E-state index is 0.254. The largest absolute Gasteiger partial charge is 0.327 e.